The summed E-state index contributed by atoms with van der Waals surface area (Å²) in [5.41, 5.74) is 0.723. The van der Waals surface area contributed by atoms with E-state index < -0.39 is 6.43 Å². The first-order valence-electron chi connectivity index (χ1n) is 7.11. The molecule has 1 aliphatic rings. The molecule has 1 aromatic carbocycles. The molecule has 6 heteroatoms. The van der Waals surface area contributed by atoms with Crippen molar-refractivity contribution in [3.8, 4) is 11.5 Å². The first-order chi connectivity index (χ1) is 10.2. The quantitative estimate of drug-likeness (QED) is 0.872. The Morgan fingerprint density at radius 3 is 2.38 bits per heavy atom. The molecule has 1 N–H and O–H groups in total. The number of nitrogens with zero attached hydrogens (tertiary/aromatic N) is 1. The number of piperazine rings is 1. The minimum absolute atomic E-state index is 0.0754. The molecule has 0 unspecified atom stereocenters. The van der Waals surface area contributed by atoms with Crippen molar-refractivity contribution < 1.29 is 18.3 Å². The molecule has 0 spiro atoms. The summed E-state index contributed by atoms with van der Waals surface area (Å²) in [6, 6.07) is 3.05. The van der Waals surface area contributed by atoms with Gasteiger partial charge in [-0.3, -0.25) is 0 Å². The fourth-order valence-electron chi connectivity index (χ4n) is 2.57. The summed E-state index contributed by atoms with van der Waals surface area (Å²) in [4.78, 5) is 2.32. The third-order valence-electron chi connectivity index (χ3n) is 3.77. The number of nitrogens with one attached hydrogen (secondary N) is 1. The lowest BCUT2D eigenvalue weighted by Gasteiger charge is -2.27. The predicted molar refractivity (Wildman–Crippen MR) is 77.5 cm³/mol. The van der Waals surface area contributed by atoms with Crippen LogP contribution in [0.3, 0.4) is 0 Å². The molecule has 21 heavy (non-hydrogen) atoms. The first kappa shape index (κ1) is 16.0. The van der Waals surface area contributed by atoms with E-state index in [-0.39, 0.29) is 11.3 Å². The van der Waals surface area contributed by atoms with Crippen molar-refractivity contribution in [2.24, 2.45) is 0 Å². The summed E-state index contributed by atoms with van der Waals surface area (Å²) in [5.74, 6) is 0.777. The van der Waals surface area contributed by atoms with E-state index in [1.807, 2.05) is 0 Å². The lowest BCUT2D eigenvalue weighted by molar-refractivity contribution is 0.146. The monoisotopic (exact) mass is 300 g/mol. The average Bonchev–Trinajstić information content (AvgIpc) is 2.52. The molecule has 1 aliphatic heterocycles. The molecular formula is C15H22F2N2O2. The van der Waals surface area contributed by atoms with Gasteiger partial charge in [0.05, 0.1) is 19.8 Å². The molecule has 1 aromatic rings. The Hall–Kier alpha value is -1.40. The lowest BCUT2D eigenvalue weighted by Crippen LogP contribution is -2.44. The van der Waals surface area contributed by atoms with Gasteiger partial charge in [0.1, 0.15) is 11.5 Å². The highest BCUT2D eigenvalue weighted by Gasteiger charge is 2.19. The Morgan fingerprint density at radius 1 is 1.14 bits per heavy atom. The molecule has 118 valence electrons. The van der Waals surface area contributed by atoms with Gasteiger partial charge in [-0.05, 0) is 18.1 Å². The van der Waals surface area contributed by atoms with E-state index in [0.717, 1.165) is 38.3 Å². The standard InChI is InChI=1S/C15H22F2N2O2/c1-20-13-10-14(21-2)12(15(16)17)9-11(13)3-6-19-7-4-18-5-8-19/h9-10,15,18H,3-8H2,1-2H3. The molecule has 1 heterocycles. The molecule has 1 fully saturated rings. The fraction of sp³-hybridized carbons (Fsp3) is 0.600. The van der Waals surface area contributed by atoms with E-state index in [1.165, 1.54) is 13.2 Å². The van der Waals surface area contributed by atoms with Crippen molar-refractivity contribution in [2.45, 2.75) is 12.8 Å². The normalized spacial score (nSPS) is 16.2. The zero-order valence-electron chi connectivity index (χ0n) is 12.5. The molecule has 0 amide bonds. The maximum Gasteiger partial charge on any atom is 0.267 e. The second-order valence-corrected chi connectivity index (χ2v) is 5.05. The topological polar surface area (TPSA) is 33.7 Å². The van der Waals surface area contributed by atoms with Crippen molar-refractivity contribution in [3.63, 3.8) is 0 Å². The zero-order chi connectivity index (χ0) is 15.2. The summed E-state index contributed by atoms with van der Waals surface area (Å²) in [6.45, 7) is 4.76. The highest BCUT2D eigenvalue weighted by Crippen LogP contribution is 2.35. The Labute approximate surface area is 124 Å². The molecule has 0 aromatic heterocycles. The van der Waals surface area contributed by atoms with Crippen molar-refractivity contribution >= 4 is 0 Å². The predicted octanol–water partition coefficient (Wildman–Crippen LogP) is 2.09. The van der Waals surface area contributed by atoms with Crippen molar-refractivity contribution in [1.29, 1.82) is 0 Å². The van der Waals surface area contributed by atoms with Gasteiger partial charge < -0.3 is 19.7 Å². The highest BCUT2D eigenvalue weighted by atomic mass is 19.3. The number of ether oxygens (including phenoxy) is 2. The van der Waals surface area contributed by atoms with Crippen LogP contribution in [0, 0.1) is 0 Å². The van der Waals surface area contributed by atoms with Gasteiger partial charge in [-0.25, -0.2) is 8.78 Å². The molecule has 0 bridgehead atoms. The summed E-state index contributed by atoms with van der Waals surface area (Å²) >= 11 is 0. The minimum atomic E-state index is -2.55. The highest BCUT2D eigenvalue weighted by molar-refractivity contribution is 5.47. The number of hydrogen-bond acceptors (Lipinski definition) is 4. The van der Waals surface area contributed by atoms with Gasteiger partial charge in [0.25, 0.3) is 6.43 Å². The van der Waals surface area contributed by atoms with E-state index in [1.54, 1.807) is 13.2 Å². The van der Waals surface area contributed by atoms with Crippen LogP contribution in [0.4, 0.5) is 8.78 Å². The van der Waals surface area contributed by atoms with Crippen LogP contribution in [0.15, 0.2) is 12.1 Å². The molecule has 0 aliphatic carbocycles. The van der Waals surface area contributed by atoms with Crippen LogP contribution < -0.4 is 14.8 Å². The van der Waals surface area contributed by atoms with Gasteiger partial charge in [0.2, 0.25) is 0 Å². The van der Waals surface area contributed by atoms with Gasteiger partial charge >= 0.3 is 0 Å². The summed E-state index contributed by atoms with van der Waals surface area (Å²) in [5, 5.41) is 3.29. The number of benzene rings is 1. The van der Waals surface area contributed by atoms with Gasteiger partial charge in [0.15, 0.2) is 0 Å². The number of rotatable bonds is 6. The van der Waals surface area contributed by atoms with Gasteiger partial charge in [0, 0.05) is 38.8 Å². The second-order valence-electron chi connectivity index (χ2n) is 5.05. The van der Waals surface area contributed by atoms with E-state index in [4.69, 9.17) is 9.47 Å². The van der Waals surface area contributed by atoms with Crippen molar-refractivity contribution in [2.75, 3.05) is 46.9 Å². The fourth-order valence-corrected chi connectivity index (χ4v) is 2.57. The Kier molecular flexibility index (Phi) is 5.76. The van der Waals surface area contributed by atoms with Crippen molar-refractivity contribution in [3.05, 3.63) is 23.3 Å². The van der Waals surface area contributed by atoms with Crippen LogP contribution in [-0.2, 0) is 6.42 Å². The van der Waals surface area contributed by atoms with Crippen LogP contribution in [0.5, 0.6) is 11.5 Å². The average molecular weight is 300 g/mol. The Bertz CT molecular complexity index is 463. The summed E-state index contributed by atoms with van der Waals surface area (Å²) in [6.07, 6.45) is -1.86. The van der Waals surface area contributed by atoms with Crippen molar-refractivity contribution in [1.82, 2.24) is 10.2 Å². The Morgan fingerprint density at radius 2 is 1.81 bits per heavy atom. The largest absolute Gasteiger partial charge is 0.496 e. The molecular weight excluding hydrogens is 278 g/mol. The van der Waals surface area contributed by atoms with Crippen LogP contribution in [0.25, 0.3) is 0 Å². The third kappa shape index (κ3) is 4.04. The van der Waals surface area contributed by atoms with Crippen LogP contribution in [-0.4, -0.2) is 51.8 Å². The molecule has 0 atom stereocenters. The van der Waals surface area contributed by atoms with E-state index in [9.17, 15) is 8.78 Å². The SMILES string of the molecule is COc1cc(OC)c(C(F)F)cc1CCN1CCNCC1. The van der Waals surface area contributed by atoms with Gasteiger partial charge in [-0.2, -0.15) is 0 Å². The minimum Gasteiger partial charge on any atom is -0.496 e. The molecule has 0 radical (unpaired) electrons. The van der Waals surface area contributed by atoms with Gasteiger partial charge in [-0.15, -0.1) is 0 Å². The lowest BCUT2D eigenvalue weighted by atomic mass is 10.0. The number of methoxy groups -OCH3 is 2. The molecule has 2 rings (SSSR count). The number of halogens is 2. The van der Waals surface area contributed by atoms with Crippen LogP contribution >= 0.6 is 0 Å². The smallest absolute Gasteiger partial charge is 0.267 e. The van der Waals surface area contributed by atoms with Crippen LogP contribution in [0.2, 0.25) is 0 Å². The number of hydrogen-bond donors (Lipinski definition) is 1. The van der Waals surface area contributed by atoms with E-state index in [0.29, 0.717) is 12.2 Å². The summed E-state index contributed by atoms with van der Waals surface area (Å²) in [7, 11) is 2.94. The first-order valence-corrected chi connectivity index (χ1v) is 7.11. The molecule has 0 saturated carbocycles. The Balaban J connectivity index is 2.14. The van der Waals surface area contributed by atoms with E-state index >= 15 is 0 Å². The maximum absolute atomic E-state index is 13.1. The molecule has 4 nitrogen and oxygen atoms in total. The zero-order valence-corrected chi connectivity index (χ0v) is 12.5. The second kappa shape index (κ2) is 7.56. The maximum atomic E-state index is 13.1. The summed E-state index contributed by atoms with van der Waals surface area (Å²) < 4.78 is 36.5. The van der Waals surface area contributed by atoms with Gasteiger partial charge in [-0.1, -0.05) is 0 Å². The third-order valence-corrected chi connectivity index (χ3v) is 3.77. The van der Waals surface area contributed by atoms with Crippen LogP contribution in [0.1, 0.15) is 17.6 Å². The molecule has 1 saturated heterocycles. The number of alkyl halides is 2. The van der Waals surface area contributed by atoms with E-state index in [2.05, 4.69) is 10.2 Å².